The Morgan fingerprint density at radius 3 is 2.39 bits per heavy atom. The molecule has 14 nitrogen and oxygen atoms in total. The van der Waals surface area contributed by atoms with Gasteiger partial charge in [-0.25, -0.2) is 14.6 Å². The number of nitrogen functional groups attached to an aromatic ring is 1. The van der Waals surface area contributed by atoms with Gasteiger partial charge in [0, 0.05) is 12.2 Å². The fraction of sp³-hybridized carbons (Fsp3) is 0.412. The quantitative estimate of drug-likeness (QED) is 0.178. The second-order valence-corrected chi connectivity index (χ2v) is 6.32. The van der Waals surface area contributed by atoms with Gasteiger partial charge in [-0.05, 0) is 5.92 Å². The summed E-state index contributed by atoms with van der Waals surface area (Å²) in [5, 5.41) is 15.6. The number of H-pyrrole nitrogens is 1. The number of nitrogens with one attached hydrogen (secondary N) is 1. The van der Waals surface area contributed by atoms with Gasteiger partial charge in [0.15, 0.2) is 11.2 Å². The summed E-state index contributed by atoms with van der Waals surface area (Å²) in [5.74, 6) is -2.96. The summed E-state index contributed by atoms with van der Waals surface area (Å²) < 4.78 is 11.9. The number of hydrogen-bond donors (Lipinski definition) is 5. The lowest BCUT2D eigenvalue weighted by molar-refractivity contribution is -0.148. The topological polar surface area (TPSA) is 226 Å². The third kappa shape index (κ3) is 8.63. The summed E-state index contributed by atoms with van der Waals surface area (Å²) in [7, 11) is 0. The Morgan fingerprint density at radius 1 is 1.23 bits per heavy atom. The maximum Gasteiger partial charge on any atom is 0.328 e. The number of rotatable bonds is 9. The first-order valence-electron chi connectivity index (χ1n) is 8.87. The highest BCUT2D eigenvalue weighted by Crippen LogP contribution is 2.06. The Kier molecular flexibility index (Phi) is 9.81. The number of carbonyl (C=O) groups excluding carboxylic acids is 1. The molecule has 0 fully saturated rings. The highest BCUT2D eigenvalue weighted by atomic mass is 16.6. The van der Waals surface area contributed by atoms with Gasteiger partial charge in [-0.2, -0.15) is 4.98 Å². The van der Waals surface area contributed by atoms with E-state index in [2.05, 4.69) is 15.0 Å². The van der Waals surface area contributed by atoms with E-state index in [9.17, 15) is 19.2 Å². The van der Waals surface area contributed by atoms with E-state index in [1.54, 1.807) is 0 Å². The van der Waals surface area contributed by atoms with E-state index in [4.69, 9.17) is 31.2 Å². The van der Waals surface area contributed by atoms with Crippen LogP contribution in [0, 0.1) is 5.92 Å². The van der Waals surface area contributed by atoms with Crippen molar-refractivity contribution in [2.24, 2.45) is 11.7 Å². The maximum atomic E-state index is 11.6. The molecular formula is C17H24N6O8. The van der Waals surface area contributed by atoms with Gasteiger partial charge < -0.3 is 31.2 Å². The minimum absolute atomic E-state index is 0.000790. The SMILES string of the molecule is CC(C)[C@H](N)C(=O)OCCOCn1cnc2c(=O)[nH]c(N)nc21.O=C(O)/C=C\C(=O)O. The molecule has 0 saturated heterocycles. The number of carboxylic acid groups (broad SMARTS) is 2. The highest BCUT2D eigenvalue weighted by Gasteiger charge is 2.18. The predicted molar refractivity (Wildman–Crippen MR) is 107 cm³/mol. The molecule has 0 aliphatic rings. The summed E-state index contributed by atoms with van der Waals surface area (Å²) >= 11 is 0. The molecule has 2 heterocycles. The third-order valence-electron chi connectivity index (χ3n) is 3.55. The fourth-order valence-electron chi connectivity index (χ4n) is 1.94. The summed E-state index contributed by atoms with van der Waals surface area (Å²) in [6, 6.07) is -0.647. The van der Waals surface area contributed by atoms with Crippen molar-refractivity contribution in [2.45, 2.75) is 26.6 Å². The van der Waals surface area contributed by atoms with Crippen molar-refractivity contribution >= 4 is 35.0 Å². The van der Waals surface area contributed by atoms with E-state index in [0.29, 0.717) is 17.8 Å². The lowest BCUT2D eigenvalue weighted by atomic mass is 10.1. The van der Waals surface area contributed by atoms with Crippen LogP contribution in [-0.4, -0.2) is 66.9 Å². The van der Waals surface area contributed by atoms with Crippen molar-refractivity contribution in [1.82, 2.24) is 19.5 Å². The number of aromatic amines is 1. The first-order chi connectivity index (χ1) is 14.5. The molecule has 2 aromatic heterocycles. The van der Waals surface area contributed by atoms with Crippen LogP contribution in [0.2, 0.25) is 0 Å². The minimum Gasteiger partial charge on any atom is -0.478 e. The number of fused-ring (bicyclic) bond motifs is 1. The van der Waals surface area contributed by atoms with E-state index >= 15 is 0 Å². The van der Waals surface area contributed by atoms with Crippen molar-refractivity contribution in [3.63, 3.8) is 0 Å². The van der Waals surface area contributed by atoms with Crippen molar-refractivity contribution in [2.75, 3.05) is 18.9 Å². The molecule has 31 heavy (non-hydrogen) atoms. The summed E-state index contributed by atoms with van der Waals surface area (Å²) in [5.41, 5.74) is 11.2. The zero-order valence-electron chi connectivity index (χ0n) is 16.8. The Morgan fingerprint density at radius 2 is 1.84 bits per heavy atom. The molecule has 0 unspecified atom stereocenters. The van der Waals surface area contributed by atoms with Gasteiger partial charge in [-0.15, -0.1) is 0 Å². The van der Waals surface area contributed by atoms with Crippen LogP contribution in [0.4, 0.5) is 5.95 Å². The Balaban J connectivity index is 0.000000512. The number of ether oxygens (including phenoxy) is 2. The molecule has 0 aromatic carbocycles. The smallest absolute Gasteiger partial charge is 0.328 e. The molecular weight excluding hydrogens is 416 g/mol. The van der Waals surface area contributed by atoms with Gasteiger partial charge in [0.05, 0.1) is 12.9 Å². The zero-order chi connectivity index (χ0) is 23.6. The Bertz CT molecular complexity index is 980. The van der Waals surface area contributed by atoms with E-state index in [1.165, 1.54) is 10.9 Å². The van der Waals surface area contributed by atoms with Crippen molar-refractivity contribution < 1.29 is 34.1 Å². The fourth-order valence-corrected chi connectivity index (χ4v) is 1.94. The number of anilines is 1. The molecule has 1 atom stereocenters. The van der Waals surface area contributed by atoms with E-state index in [-0.39, 0.29) is 37.3 Å². The molecule has 0 amide bonds. The average Bonchev–Trinajstić information content (AvgIpc) is 3.08. The minimum atomic E-state index is -1.26. The van der Waals surface area contributed by atoms with E-state index in [0.717, 1.165) is 0 Å². The molecule has 2 aromatic rings. The summed E-state index contributed by atoms with van der Waals surface area (Å²) in [6.45, 7) is 4.04. The van der Waals surface area contributed by atoms with Crippen LogP contribution in [0.15, 0.2) is 23.3 Å². The molecule has 0 aliphatic carbocycles. The number of carbonyl (C=O) groups is 3. The molecule has 0 radical (unpaired) electrons. The van der Waals surface area contributed by atoms with Crippen LogP contribution in [-0.2, 0) is 30.6 Å². The third-order valence-corrected chi connectivity index (χ3v) is 3.55. The van der Waals surface area contributed by atoms with Crippen molar-refractivity contribution in [1.29, 1.82) is 0 Å². The molecule has 0 spiro atoms. The second-order valence-electron chi connectivity index (χ2n) is 6.32. The van der Waals surface area contributed by atoms with Gasteiger partial charge in [0.2, 0.25) is 5.95 Å². The first kappa shape index (κ1) is 25.3. The number of nitrogens with two attached hydrogens (primary N) is 2. The van der Waals surface area contributed by atoms with E-state index in [1.807, 2.05) is 13.8 Å². The number of nitrogens with zero attached hydrogens (tertiary/aromatic N) is 3. The van der Waals surface area contributed by atoms with Crippen LogP contribution >= 0.6 is 0 Å². The highest BCUT2D eigenvalue weighted by molar-refractivity contribution is 5.89. The molecule has 7 N–H and O–H groups in total. The Hall–Kier alpha value is -3.78. The standard InChI is InChI=1S/C13H20N6O4.C4H4O4/c1-7(2)8(14)12(21)23-4-3-22-6-19-5-16-9-10(19)17-13(15)18-11(9)20;5-3(6)1-2-4(7)8/h5,7-8H,3-4,6,14H2,1-2H3,(H3,15,17,18,20);1-2H,(H,5,6)(H,7,8)/b;2-1-/t8-;/m0./s1. The molecule has 0 bridgehead atoms. The molecule has 2 rings (SSSR count). The normalized spacial score (nSPS) is 11.9. The van der Waals surface area contributed by atoms with Crippen LogP contribution in [0.3, 0.4) is 0 Å². The van der Waals surface area contributed by atoms with Gasteiger partial charge in [0.1, 0.15) is 19.4 Å². The second kappa shape index (κ2) is 12.0. The number of esters is 1. The number of aliphatic carboxylic acids is 2. The van der Waals surface area contributed by atoms with E-state index < -0.39 is 29.5 Å². The Labute approximate surface area is 175 Å². The molecule has 14 heteroatoms. The molecule has 170 valence electrons. The summed E-state index contributed by atoms with van der Waals surface area (Å²) in [4.78, 5) is 52.6. The van der Waals surface area contributed by atoms with Crippen molar-refractivity contribution in [3.05, 3.63) is 28.8 Å². The number of imidazole rings is 1. The molecule has 0 aliphatic heterocycles. The van der Waals surface area contributed by atoms with Gasteiger partial charge in [-0.3, -0.25) is 19.1 Å². The monoisotopic (exact) mass is 440 g/mol. The van der Waals surface area contributed by atoms with Crippen LogP contribution in [0.5, 0.6) is 0 Å². The predicted octanol–water partition coefficient (Wildman–Crippen LogP) is -1.09. The largest absolute Gasteiger partial charge is 0.478 e. The molecule has 0 saturated carbocycles. The van der Waals surface area contributed by atoms with Crippen LogP contribution < -0.4 is 17.0 Å². The van der Waals surface area contributed by atoms with Gasteiger partial charge in [0.25, 0.3) is 5.56 Å². The first-order valence-corrected chi connectivity index (χ1v) is 8.87. The van der Waals surface area contributed by atoms with Crippen LogP contribution in [0.25, 0.3) is 11.2 Å². The summed E-state index contributed by atoms with van der Waals surface area (Å²) in [6.07, 6.45) is 2.54. The number of hydrogen-bond acceptors (Lipinski definition) is 10. The number of carboxylic acids is 2. The zero-order valence-corrected chi connectivity index (χ0v) is 16.8. The van der Waals surface area contributed by atoms with Crippen molar-refractivity contribution in [3.8, 4) is 0 Å². The maximum absolute atomic E-state index is 11.6. The lowest BCUT2D eigenvalue weighted by Gasteiger charge is -2.14. The number of aromatic nitrogens is 4. The average molecular weight is 440 g/mol. The van der Waals surface area contributed by atoms with Gasteiger partial charge >= 0.3 is 17.9 Å². The van der Waals surface area contributed by atoms with Crippen LogP contribution in [0.1, 0.15) is 13.8 Å². The van der Waals surface area contributed by atoms with Gasteiger partial charge in [-0.1, -0.05) is 13.8 Å². The lowest BCUT2D eigenvalue weighted by Crippen LogP contribution is -2.37.